The smallest absolute Gasteiger partial charge is 0.143 e. The first-order valence-corrected chi connectivity index (χ1v) is 9.86. The van der Waals surface area contributed by atoms with Crippen LogP contribution < -0.4 is 10.1 Å². The second kappa shape index (κ2) is 7.61. The number of nitrogens with zero attached hydrogens (tertiary/aromatic N) is 2. The molecule has 29 heavy (non-hydrogen) atoms. The summed E-state index contributed by atoms with van der Waals surface area (Å²) < 4.78 is 30.6. The number of hydrogen-bond donors (Lipinski definition) is 2. The molecule has 2 atom stereocenters. The van der Waals surface area contributed by atoms with Gasteiger partial charge >= 0.3 is 0 Å². The summed E-state index contributed by atoms with van der Waals surface area (Å²) in [5, 5.41) is 4.45. The fourth-order valence-electron chi connectivity index (χ4n) is 3.79. The zero-order chi connectivity index (χ0) is 19.8. The van der Waals surface area contributed by atoms with Crippen LogP contribution in [0.3, 0.4) is 0 Å². The predicted octanol–water partition coefficient (Wildman–Crippen LogP) is 3.55. The Hall–Kier alpha value is -2.71. The van der Waals surface area contributed by atoms with E-state index >= 15 is 0 Å². The average Bonchev–Trinajstić information content (AvgIpc) is 3.48. The van der Waals surface area contributed by atoms with Crippen molar-refractivity contribution in [3.8, 4) is 5.75 Å². The number of fused-ring (bicyclic) bond motifs is 2. The number of ether oxygens (including phenoxy) is 3. The van der Waals surface area contributed by atoms with E-state index in [9.17, 15) is 4.39 Å². The van der Waals surface area contributed by atoms with E-state index in [0.29, 0.717) is 31.5 Å². The van der Waals surface area contributed by atoms with Crippen molar-refractivity contribution in [1.29, 1.82) is 0 Å². The summed E-state index contributed by atoms with van der Waals surface area (Å²) in [6.07, 6.45) is 3.69. The third-order valence-corrected chi connectivity index (χ3v) is 5.46. The summed E-state index contributed by atoms with van der Waals surface area (Å²) in [6, 6.07) is 6.46. The molecule has 3 heterocycles. The highest BCUT2D eigenvalue weighted by molar-refractivity contribution is 5.88. The molecule has 0 spiro atoms. The normalized spacial score (nSPS) is 21.0. The fraction of sp³-hybridized carbons (Fsp3) is 0.429. The molecule has 2 aromatic heterocycles. The topological polar surface area (TPSA) is 81.3 Å². The van der Waals surface area contributed by atoms with E-state index in [1.165, 1.54) is 30.7 Å². The van der Waals surface area contributed by atoms with Gasteiger partial charge in [0.2, 0.25) is 0 Å². The van der Waals surface area contributed by atoms with Crippen LogP contribution in [0.1, 0.15) is 36.1 Å². The maximum Gasteiger partial charge on any atom is 0.143 e. The van der Waals surface area contributed by atoms with Gasteiger partial charge in [-0.25, -0.2) is 14.4 Å². The van der Waals surface area contributed by atoms with Crippen molar-refractivity contribution >= 4 is 16.9 Å². The lowest BCUT2D eigenvalue weighted by molar-refractivity contribution is -0.0231. The lowest BCUT2D eigenvalue weighted by Crippen LogP contribution is -2.38. The van der Waals surface area contributed by atoms with Crippen LogP contribution >= 0.6 is 0 Å². The molecule has 2 N–H and O–H groups in total. The van der Waals surface area contributed by atoms with Gasteiger partial charge in [0.05, 0.1) is 24.6 Å². The Morgan fingerprint density at radius 2 is 2.14 bits per heavy atom. The van der Waals surface area contributed by atoms with Gasteiger partial charge in [-0.15, -0.1) is 0 Å². The molecule has 7 nitrogen and oxygen atoms in total. The van der Waals surface area contributed by atoms with Crippen LogP contribution in [0.5, 0.6) is 5.75 Å². The zero-order valence-electron chi connectivity index (χ0n) is 16.2. The third-order valence-electron chi connectivity index (χ3n) is 5.46. The molecule has 1 aliphatic carbocycles. The highest BCUT2D eigenvalue weighted by Crippen LogP contribution is 2.42. The number of benzene rings is 1. The largest absolute Gasteiger partial charge is 0.490 e. The molecule has 3 aromatic rings. The van der Waals surface area contributed by atoms with Crippen molar-refractivity contribution in [1.82, 2.24) is 15.0 Å². The van der Waals surface area contributed by atoms with E-state index in [1.807, 2.05) is 0 Å². The van der Waals surface area contributed by atoms with E-state index in [2.05, 4.69) is 26.3 Å². The van der Waals surface area contributed by atoms with Crippen LogP contribution in [0.25, 0.3) is 11.0 Å². The second-order valence-corrected chi connectivity index (χ2v) is 7.50. The van der Waals surface area contributed by atoms with Gasteiger partial charge in [0.25, 0.3) is 0 Å². The highest BCUT2D eigenvalue weighted by Gasteiger charge is 2.33. The Labute approximate surface area is 167 Å². The molecule has 1 aromatic carbocycles. The number of H-pyrrole nitrogens is 1. The van der Waals surface area contributed by atoms with Gasteiger partial charge < -0.3 is 24.5 Å². The lowest BCUT2D eigenvalue weighted by Gasteiger charge is -2.34. The minimum atomic E-state index is -0.328. The number of rotatable bonds is 7. The van der Waals surface area contributed by atoms with Gasteiger partial charge in [-0.3, -0.25) is 0 Å². The molecule has 0 saturated heterocycles. The van der Waals surface area contributed by atoms with Gasteiger partial charge in [-0.05, 0) is 30.9 Å². The van der Waals surface area contributed by atoms with E-state index in [-0.39, 0.29) is 18.0 Å². The maximum absolute atomic E-state index is 13.7. The number of anilines is 1. The van der Waals surface area contributed by atoms with Crippen molar-refractivity contribution in [3.05, 3.63) is 47.7 Å². The van der Waals surface area contributed by atoms with Crippen molar-refractivity contribution in [3.63, 3.8) is 0 Å². The van der Waals surface area contributed by atoms with E-state index < -0.39 is 0 Å². The van der Waals surface area contributed by atoms with Crippen LogP contribution in [0.4, 0.5) is 10.2 Å². The van der Waals surface area contributed by atoms with E-state index in [1.54, 1.807) is 19.5 Å². The summed E-state index contributed by atoms with van der Waals surface area (Å²) >= 11 is 0. The number of nitrogens with one attached hydrogen (secondary N) is 2. The van der Waals surface area contributed by atoms with Crippen molar-refractivity contribution in [2.24, 2.45) is 0 Å². The van der Waals surface area contributed by atoms with Crippen LogP contribution in [-0.2, 0) is 9.47 Å². The number of aromatic nitrogens is 3. The number of hydrogen-bond acceptors (Lipinski definition) is 6. The number of aromatic amines is 1. The van der Waals surface area contributed by atoms with Crippen LogP contribution in [0, 0.1) is 5.82 Å². The summed E-state index contributed by atoms with van der Waals surface area (Å²) in [5.41, 5.74) is 2.85. The molecule has 2 aliphatic rings. The lowest BCUT2D eigenvalue weighted by atomic mass is 9.97. The van der Waals surface area contributed by atoms with Gasteiger partial charge in [0.1, 0.15) is 42.1 Å². The second-order valence-electron chi connectivity index (χ2n) is 7.50. The van der Waals surface area contributed by atoms with Gasteiger partial charge in [0.15, 0.2) is 0 Å². The summed E-state index contributed by atoms with van der Waals surface area (Å²) in [6.45, 7) is 1.24. The van der Waals surface area contributed by atoms with E-state index in [0.717, 1.165) is 22.4 Å². The Kier molecular flexibility index (Phi) is 4.81. The molecule has 5 rings (SSSR count). The van der Waals surface area contributed by atoms with Gasteiger partial charge in [-0.1, -0.05) is 6.07 Å². The monoisotopic (exact) mass is 398 g/mol. The molecule has 0 radical (unpaired) electrons. The molecule has 1 saturated carbocycles. The molecule has 8 heteroatoms. The van der Waals surface area contributed by atoms with Crippen molar-refractivity contribution in [2.75, 3.05) is 32.2 Å². The third kappa shape index (κ3) is 3.65. The van der Waals surface area contributed by atoms with Crippen LogP contribution in [0.15, 0.2) is 30.6 Å². The molecular weight excluding hydrogens is 375 g/mol. The Balaban J connectivity index is 1.48. The summed E-state index contributed by atoms with van der Waals surface area (Å²) in [7, 11) is 1.63. The standard InChI is InChI=1S/C21H23FN4O3/c1-27-6-7-28-18-10-29-17-8-13(22)4-5-14(17)19(18)26-21-15-9-16(12-2-3-12)25-20(15)23-11-24-21/h4-5,8-9,11-12,18-19H,2-3,6-7,10H2,1H3,(H2,23,24,25,26). The molecule has 0 bridgehead atoms. The molecule has 2 unspecified atom stereocenters. The number of methoxy groups -OCH3 is 1. The molecule has 1 fully saturated rings. The van der Waals surface area contributed by atoms with Crippen molar-refractivity contribution in [2.45, 2.75) is 30.9 Å². The Bertz CT molecular complexity index is 1020. The zero-order valence-corrected chi connectivity index (χ0v) is 16.2. The Morgan fingerprint density at radius 3 is 2.97 bits per heavy atom. The summed E-state index contributed by atoms with van der Waals surface area (Å²) in [5.74, 6) is 1.51. The quantitative estimate of drug-likeness (QED) is 0.593. The first-order chi connectivity index (χ1) is 14.2. The Morgan fingerprint density at radius 1 is 1.24 bits per heavy atom. The fourth-order valence-corrected chi connectivity index (χ4v) is 3.79. The first kappa shape index (κ1) is 18.3. The minimum absolute atomic E-state index is 0.242. The van der Waals surface area contributed by atoms with Crippen LogP contribution in [0.2, 0.25) is 0 Å². The molecule has 0 amide bonds. The minimum Gasteiger partial charge on any atom is -0.490 e. The van der Waals surface area contributed by atoms with E-state index in [4.69, 9.17) is 14.2 Å². The highest BCUT2D eigenvalue weighted by atomic mass is 19.1. The molecule has 1 aliphatic heterocycles. The number of halogens is 1. The molecule has 152 valence electrons. The SMILES string of the molecule is COCCOC1COc2cc(F)ccc2C1Nc1ncnc2[nH]c(C3CC3)cc12. The van der Waals surface area contributed by atoms with Crippen LogP contribution in [-0.4, -0.2) is 48.0 Å². The average molecular weight is 398 g/mol. The molecular formula is C21H23FN4O3. The first-order valence-electron chi connectivity index (χ1n) is 9.86. The predicted molar refractivity (Wildman–Crippen MR) is 106 cm³/mol. The van der Waals surface area contributed by atoms with Crippen molar-refractivity contribution < 1.29 is 18.6 Å². The summed E-state index contributed by atoms with van der Waals surface area (Å²) in [4.78, 5) is 12.3. The maximum atomic E-state index is 13.7. The van der Waals surface area contributed by atoms with Gasteiger partial charge in [-0.2, -0.15) is 0 Å². The van der Waals surface area contributed by atoms with Gasteiger partial charge in [0, 0.05) is 24.4 Å².